The number of aryl methyl sites for hydroxylation is 1. The number of nitrogens with one attached hydrogen (secondary N) is 1. The predicted octanol–water partition coefficient (Wildman–Crippen LogP) is 2.70. The summed E-state index contributed by atoms with van der Waals surface area (Å²) in [6.07, 6.45) is 0. The third kappa shape index (κ3) is 2.01. The summed E-state index contributed by atoms with van der Waals surface area (Å²) in [7, 11) is 0. The van der Waals surface area contributed by atoms with Crippen molar-refractivity contribution in [1.82, 2.24) is 0 Å². The molecule has 0 amide bonds. The van der Waals surface area contributed by atoms with Crippen LogP contribution >= 0.6 is 23.1 Å². The van der Waals surface area contributed by atoms with Crippen LogP contribution in [0.5, 0.6) is 0 Å². The van der Waals surface area contributed by atoms with Gasteiger partial charge in [-0.15, -0.1) is 11.3 Å². The molecule has 2 atom stereocenters. The fourth-order valence-corrected chi connectivity index (χ4v) is 3.75. The summed E-state index contributed by atoms with van der Waals surface area (Å²) in [5, 5.41) is 26.9. The Morgan fingerprint density at radius 3 is 2.61 bits per heavy atom. The molecule has 0 fully saturated rings. The first-order chi connectivity index (χ1) is 8.58. The molecule has 0 saturated carbocycles. The number of rotatable bonds is 1. The van der Waals surface area contributed by atoms with E-state index in [9.17, 15) is 10.5 Å². The molecule has 2 heterocycles. The monoisotopic (exact) mass is 274 g/mol. The van der Waals surface area contributed by atoms with Gasteiger partial charge < -0.3 is 5.73 Å². The minimum Gasteiger partial charge on any atom is -0.392 e. The molecule has 1 aromatic heterocycles. The second-order valence-corrected chi connectivity index (χ2v) is 6.29. The van der Waals surface area contributed by atoms with Crippen LogP contribution in [-0.4, -0.2) is 5.04 Å². The highest BCUT2D eigenvalue weighted by atomic mass is 32.2. The van der Waals surface area contributed by atoms with Crippen LogP contribution in [0.4, 0.5) is 0 Å². The van der Waals surface area contributed by atoms with Gasteiger partial charge in [0.15, 0.2) is 0 Å². The van der Waals surface area contributed by atoms with Crippen LogP contribution < -0.4 is 5.73 Å². The molecule has 0 saturated heterocycles. The molecular weight excluding hydrogens is 264 g/mol. The van der Waals surface area contributed by atoms with Gasteiger partial charge in [0.2, 0.25) is 0 Å². The molecule has 18 heavy (non-hydrogen) atoms. The molecule has 3 N–H and O–H groups in total. The standard InChI is InChI=1S/C12H10N4S2/c1-6-2-3-9(17-6)10-7(4-13)11(15)18-12(16)8(10)5-14/h2-3,7,10,15H,16H2,1H3/t7-,10-/m0/s1. The topological polar surface area (TPSA) is 97.4 Å². The van der Waals surface area contributed by atoms with Crippen molar-refractivity contribution in [3.63, 3.8) is 0 Å². The molecule has 0 spiro atoms. The van der Waals surface area contributed by atoms with Gasteiger partial charge in [-0.2, -0.15) is 10.5 Å². The lowest BCUT2D eigenvalue weighted by molar-refractivity contribution is 0.742. The van der Waals surface area contributed by atoms with Crippen LogP contribution in [-0.2, 0) is 0 Å². The highest BCUT2D eigenvalue weighted by Gasteiger charge is 2.37. The van der Waals surface area contributed by atoms with Gasteiger partial charge in [0.25, 0.3) is 0 Å². The molecule has 6 heteroatoms. The first-order valence-corrected chi connectivity index (χ1v) is 6.83. The molecule has 90 valence electrons. The van der Waals surface area contributed by atoms with Crippen molar-refractivity contribution in [3.05, 3.63) is 32.5 Å². The van der Waals surface area contributed by atoms with E-state index in [0.717, 1.165) is 21.5 Å². The minimum absolute atomic E-state index is 0.213. The number of thioether (sulfide) groups is 1. The number of nitrogens with zero attached hydrogens (tertiary/aromatic N) is 2. The lowest BCUT2D eigenvalue weighted by atomic mass is 9.86. The van der Waals surface area contributed by atoms with Gasteiger partial charge in [-0.25, -0.2) is 0 Å². The average Bonchev–Trinajstić information content (AvgIpc) is 2.74. The van der Waals surface area contributed by atoms with Gasteiger partial charge >= 0.3 is 0 Å². The largest absolute Gasteiger partial charge is 0.392 e. The van der Waals surface area contributed by atoms with Gasteiger partial charge in [0.05, 0.1) is 33.7 Å². The third-order valence-corrected chi connectivity index (χ3v) is 4.74. The van der Waals surface area contributed by atoms with Crippen LogP contribution in [0.1, 0.15) is 15.7 Å². The fraction of sp³-hybridized carbons (Fsp3) is 0.250. The summed E-state index contributed by atoms with van der Waals surface area (Å²) >= 11 is 2.55. The summed E-state index contributed by atoms with van der Waals surface area (Å²) in [5.41, 5.74) is 6.21. The van der Waals surface area contributed by atoms with Gasteiger partial charge in [-0.3, -0.25) is 5.41 Å². The van der Waals surface area contributed by atoms with E-state index in [1.165, 1.54) is 11.3 Å². The predicted molar refractivity (Wildman–Crippen MR) is 73.0 cm³/mol. The Bertz CT molecular complexity index is 615. The van der Waals surface area contributed by atoms with Crippen LogP contribution in [0.2, 0.25) is 0 Å². The van der Waals surface area contributed by atoms with Crippen molar-refractivity contribution in [2.45, 2.75) is 12.8 Å². The molecule has 0 unspecified atom stereocenters. The zero-order valence-electron chi connectivity index (χ0n) is 9.60. The van der Waals surface area contributed by atoms with E-state index in [1.54, 1.807) is 0 Å². The SMILES string of the molecule is Cc1ccc([C@@H]2C(C#N)=C(N)SC(=N)[C@H]2C#N)s1. The number of hydrogen-bond donors (Lipinski definition) is 2. The lowest BCUT2D eigenvalue weighted by Crippen LogP contribution is -2.26. The van der Waals surface area contributed by atoms with Gasteiger partial charge in [0.1, 0.15) is 5.92 Å². The lowest BCUT2D eigenvalue weighted by Gasteiger charge is -2.26. The van der Waals surface area contributed by atoms with Gasteiger partial charge in [0, 0.05) is 9.75 Å². The van der Waals surface area contributed by atoms with Crippen molar-refractivity contribution in [1.29, 1.82) is 15.9 Å². The van der Waals surface area contributed by atoms with Crippen molar-refractivity contribution in [2.24, 2.45) is 11.7 Å². The van der Waals surface area contributed by atoms with E-state index in [1.807, 2.05) is 19.1 Å². The number of allylic oxidation sites excluding steroid dienone is 1. The highest BCUT2D eigenvalue weighted by molar-refractivity contribution is 8.17. The summed E-state index contributed by atoms with van der Waals surface area (Å²) in [5.74, 6) is -1.01. The molecule has 1 aliphatic heterocycles. The van der Waals surface area contributed by atoms with E-state index in [2.05, 4.69) is 12.1 Å². The summed E-state index contributed by atoms with van der Waals surface area (Å²) in [6, 6.07) is 8.06. The van der Waals surface area contributed by atoms with Crippen molar-refractivity contribution < 1.29 is 0 Å². The first-order valence-electron chi connectivity index (χ1n) is 5.20. The van der Waals surface area contributed by atoms with E-state index >= 15 is 0 Å². The Labute approximate surface area is 113 Å². The number of thiophene rings is 1. The Balaban J connectivity index is 2.58. The second-order valence-electron chi connectivity index (χ2n) is 3.89. The Morgan fingerprint density at radius 1 is 1.39 bits per heavy atom. The Kier molecular flexibility index (Phi) is 3.42. The maximum absolute atomic E-state index is 9.23. The molecule has 2 rings (SSSR count). The summed E-state index contributed by atoms with van der Waals surface area (Å²) in [4.78, 5) is 2.03. The van der Waals surface area contributed by atoms with Crippen LogP contribution in [0, 0.1) is 40.9 Å². The third-order valence-electron chi connectivity index (χ3n) is 2.74. The summed E-state index contributed by atoms with van der Waals surface area (Å²) < 4.78 is 0. The van der Waals surface area contributed by atoms with Crippen LogP contribution in [0.25, 0.3) is 0 Å². The first kappa shape index (κ1) is 12.7. The zero-order chi connectivity index (χ0) is 13.3. The molecule has 1 aromatic rings. The van der Waals surface area contributed by atoms with Crippen molar-refractivity contribution in [3.8, 4) is 12.1 Å². The number of nitriles is 2. The quantitative estimate of drug-likeness (QED) is 0.822. The zero-order valence-corrected chi connectivity index (χ0v) is 11.2. The Morgan fingerprint density at radius 2 is 2.11 bits per heavy atom. The molecule has 0 radical (unpaired) electrons. The van der Waals surface area contributed by atoms with Gasteiger partial charge in [-0.1, -0.05) is 11.8 Å². The maximum atomic E-state index is 9.23. The fourth-order valence-electron chi connectivity index (χ4n) is 1.89. The van der Waals surface area contributed by atoms with E-state index < -0.39 is 11.8 Å². The van der Waals surface area contributed by atoms with Gasteiger partial charge in [-0.05, 0) is 19.1 Å². The summed E-state index contributed by atoms with van der Waals surface area (Å²) in [6.45, 7) is 1.97. The normalized spacial score (nSPS) is 23.6. The second kappa shape index (κ2) is 4.85. The van der Waals surface area contributed by atoms with Crippen molar-refractivity contribution >= 4 is 28.1 Å². The van der Waals surface area contributed by atoms with E-state index in [0.29, 0.717) is 10.6 Å². The molecule has 0 aromatic carbocycles. The molecule has 4 nitrogen and oxygen atoms in total. The highest BCUT2D eigenvalue weighted by Crippen LogP contribution is 2.44. The minimum atomic E-state index is -0.616. The van der Waals surface area contributed by atoms with E-state index in [4.69, 9.17) is 11.1 Å². The number of nitrogens with two attached hydrogens (primary N) is 1. The molecular formula is C12H10N4S2. The Hall–Kier alpha value is -1.76. The maximum Gasteiger partial charge on any atom is 0.107 e. The van der Waals surface area contributed by atoms with Crippen molar-refractivity contribution in [2.75, 3.05) is 0 Å². The average molecular weight is 274 g/mol. The molecule has 0 bridgehead atoms. The molecule has 1 aliphatic rings. The van der Waals surface area contributed by atoms with Crippen LogP contribution in [0.15, 0.2) is 22.7 Å². The number of hydrogen-bond acceptors (Lipinski definition) is 6. The molecule has 0 aliphatic carbocycles. The van der Waals surface area contributed by atoms with Crippen LogP contribution in [0.3, 0.4) is 0 Å². The smallest absolute Gasteiger partial charge is 0.107 e. The van der Waals surface area contributed by atoms with E-state index in [-0.39, 0.29) is 5.04 Å².